The van der Waals surface area contributed by atoms with Gasteiger partial charge in [0.25, 0.3) is 0 Å². The number of halogens is 16. The second kappa shape index (κ2) is 91.9. The minimum Gasteiger partial charge on any atom is -0.444 e. The molecular weight excluding hydrogens is 2350 g/mol. The molecule has 150 heavy (non-hydrogen) atoms. The van der Waals surface area contributed by atoms with Gasteiger partial charge in [0.1, 0.15) is 0 Å². The van der Waals surface area contributed by atoms with Crippen molar-refractivity contribution in [3.05, 3.63) is 21.3 Å². The van der Waals surface area contributed by atoms with E-state index in [0.717, 1.165) is 0 Å². The molecule has 40 nitrogen and oxygen atoms in total. The Kier molecular flexibility index (Phi) is 107. The Morgan fingerprint density at radius 1 is 0.187 bits per heavy atom. The second-order valence-corrected chi connectivity index (χ2v) is 47.3. The molecular formula is C88H184B2Cl8Cu4F8N28O12+2. The van der Waals surface area contributed by atoms with E-state index in [0.29, 0.717) is 157 Å². The fourth-order valence-electron chi connectivity index (χ4n) is 9.65. The Balaban J connectivity index is -0.000000127. The standard InChI is InChI=1S/4C21H45N7O3.4CH2Cl2.2BF4.4Cu/c4*1-19(2,3)25-16(29)22-10-13-28(14-11-23-17(30)26-20(4,5)6)15-12-24-18(31)27-21(7,8)9;4*2-1-3;2*2-1(3,4)5;;;;/h4*10-15H2,1-9H3,(H6,22,23,24,25,26,27,29,30,31);4*1H2;;;;;;/q;;;;;;;;2*-1;4*+2/p-4. The SMILES string of the molecule is CC(C)(C)NC(=O)[N-]CCN(CCNC(=O)NC(C)(C)C)CCNC(=O)NC(C)(C)C.CC(C)(C)NC(=O)[N-]CCN(CCNC(=O)NC(C)(C)C)CCNC(=O)NC(C)(C)C.CC(C)(C)NC(=O)[N-]CCN(CCNC(=O)NC(C)(C)C)CCNC(=O)NC(C)(C)C.CC(C)(C)NC(=O)[N-]CCN(CCNC(=O)NC(C)(C)C)CCNC(=O)NC(C)(C)C.ClCCl.ClCCl.ClCCl.ClCCl.F[B-](F)(F)F.F[B-](F)(F)F.[Cu+2].[Cu+2].[Cu+2].[Cu+2]. The molecule has 0 saturated carbocycles. The molecule has 4 radical (unpaired) electrons. The van der Waals surface area contributed by atoms with Crippen LogP contribution in [-0.2, 0) is 68.3 Å². The van der Waals surface area contributed by atoms with Crippen molar-refractivity contribution in [3.8, 4) is 0 Å². The molecule has 0 bridgehead atoms. The average Bonchev–Trinajstić information content (AvgIpc) is 0.932. The van der Waals surface area contributed by atoms with Crippen LogP contribution in [0, 0.1) is 0 Å². The van der Waals surface area contributed by atoms with Crippen molar-refractivity contribution in [2.24, 2.45) is 0 Å². The van der Waals surface area contributed by atoms with Crippen molar-refractivity contribution < 1.29 is 160 Å². The van der Waals surface area contributed by atoms with Gasteiger partial charge >= 0.3 is 131 Å². The third kappa shape index (κ3) is 179. The number of carbonyl (C=O) groups is 12. The first-order chi connectivity index (χ1) is 65.5. The maximum Gasteiger partial charge on any atom is 2.00 e. The first kappa shape index (κ1) is 175. The molecule has 0 heterocycles. The molecule has 0 aromatic carbocycles. The van der Waals surface area contributed by atoms with Crippen molar-refractivity contribution in [2.75, 3.05) is 178 Å². The number of amides is 24. The Morgan fingerprint density at radius 3 is 0.340 bits per heavy atom. The van der Waals surface area contributed by atoms with Crippen molar-refractivity contribution in [1.82, 2.24) is 126 Å². The molecule has 0 spiro atoms. The van der Waals surface area contributed by atoms with Gasteiger partial charge in [0.05, 0.1) is 21.4 Å². The van der Waals surface area contributed by atoms with Crippen molar-refractivity contribution in [1.29, 1.82) is 0 Å². The van der Waals surface area contributed by atoms with Gasteiger partial charge in [-0.25, -0.2) is 38.4 Å². The van der Waals surface area contributed by atoms with E-state index in [1.807, 2.05) is 269 Å². The van der Waals surface area contributed by atoms with Gasteiger partial charge in [-0.05, 0) is 241 Å². The molecule has 0 aromatic rings. The van der Waals surface area contributed by atoms with E-state index in [2.05, 4.69) is 128 Å². The molecule has 24 amide bonds. The van der Waals surface area contributed by atoms with Crippen LogP contribution in [0.2, 0.25) is 0 Å². The molecule has 0 aliphatic rings. The molecule has 0 rings (SSSR count). The number of hydrogen-bond donors (Lipinski definition) is 20. The maximum atomic E-state index is 11.9. The molecule has 62 heteroatoms. The third-order valence-corrected chi connectivity index (χ3v) is 14.2. The summed E-state index contributed by atoms with van der Waals surface area (Å²) in [4.78, 5) is 151. The fraction of sp³-hybridized carbons (Fsp3) is 0.864. The summed E-state index contributed by atoms with van der Waals surface area (Å²) in [7, 11) is -12.0. The Labute approximate surface area is 974 Å². The van der Waals surface area contributed by atoms with Gasteiger partial charge in [-0.2, -0.15) is 0 Å². The molecule has 0 unspecified atom stereocenters. The van der Waals surface area contributed by atoms with E-state index >= 15 is 0 Å². The molecule has 0 aliphatic carbocycles. The molecule has 0 fully saturated rings. The van der Waals surface area contributed by atoms with Crippen LogP contribution in [0.3, 0.4) is 0 Å². The van der Waals surface area contributed by atoms with E-state index in [1.165, 1.54) is 0 Å². The first-order valence-corrected chi connectivity index (χ1v) is 51.4. The van der Waals surface area contributed by atoms with Crippen LogP contribution in [0.1, 0.15) is 249 Å². The smallest absolute Gasteiger partial charge is 0.444 e. The largest absolute Gasteiger partial charge is 2.00 e. The van der Waals surface area contributed by atoms with Crippen LogP contribution in [0.5, 0.6) is 0 Å². The van der Waals surface area contributed by atoms with E-state index in [1.54, 1.807) is 0 Å². The van der Waals surface area contributed by atoms with Crippen LogP contribution >= 0.6 is 92.8 Å². The van der Waals surface area contributed by atoms with Gasteiger partial charge in [0.2, 0.25) is 0 Å². The number of urea groups is 12. The summed E-state index contributed by atoms with van der Waals surface area (Å²) in [6.07, 6.45) is 0. The Morgan fingerprint density at radius 2 is 0.267 bits per heavy atom. The topological polar surface area (TPSA) is 515 Å². The van der Waals surface area contributed by atoms with Crippen LogP contribution in [-0.4, -0.2) is 351 Å². The maximum absolute atomic E-state index is 11.9. The number of alkyl halides is 8. The fourth-order valence-corrected chi connectivity index (χ4v) is 9.65. The minimum atomic E-state index is -6.00. The Bertz CT molecular complexity index is 2760. The van der Waals surface area contributed by atoms with E-state index in [-0.39, 0.29) is 228 Å². The van der Waals surface area contributed by atoms with Crippen LogP contribution < -0.4 is 106 Å². The van der Waals surface area contributed by atoms with Crippen LogP contribution in [0.4, 0.5) is 92.1 Å². The van der Waals surface area contributed by atoms with E-state index in [4.69, 9.17) is 92.8 Å². The van der Waals surface area contributed by atoms with Gasteiger partial charge in [-0.1, -0.05) is 83.1 Å². The van der Waals surface area contributed by atoms with E-state index in [9.17, 15) is 92.1 Å². The van der Waals surface area contributed by atoms with Gasteiger partial charge < -0.3 is 162 Å². The number of rotatable bonds is 36. The predicted molar refractivity (Wildman–Crippen MR) is 589 cm³/mol. The first-order valence-electron chi connectivity index (χ1n) is 47.1. The monoisotopic (exact) mass is 2530 g/mol. The molecule has 908 valence electrons. The van der Waals surface area contributed by atoms with Gasteiger partial charge in [0.15, 0.2) is 24.1 Å². The van der Waals surface area contributed by atoms with Gasteiger partial charge in [0, 0.05) is 149 Å². The molecule has 0 atom stereocenters. The van der Waals surface area contributed by atoms with Gasteiger partial charge in [-0.15, -0.1) is 92.8 Å². The quantitative estimate of drug-likeness (QED) is 0.0157. The summed E-state index contributed by atoms with van der Waals surface area (Å²) < 4.78 is 78.0. The molecule has 20 N–H and O–H groups in total. The zero-order chi connectivity index (χ0) is 117. The zero-order valence-electron chi connectivity index (χ0n) is 94.7. The Hall–Kier alpha value is -4.95. The third-order valence-electron chi connectivity index (χ3n) is 14.2. The van der Waals surface area contributed by atoms with Crippen molar-refractivity contribution in [2.45, 2.75) is 316 Å². The molecule has 0 aromatic heterocycles. The number of carbonyl (C=O) groups excluding carboxylic acids is 12. The van der Waals surface area contributed by atoms with Crippen molar-refractivity contribution >= 4 is 180 Å². The van der Waals surface area contributed by atoms with Crippen LogP contribution in [0.15, 0.2) is 0 Å². The summed E-state index contributed by atoms with van der Waals surface area (Å²) >= 11 is 38.1. The predicted octanol–water partition coefficient (Wildman–Crippen LogP) is 17.7. The second-order valence-electron chi connectivity index (χ2n) is 44.1. The molecule has 0 aliphatic heterocycles. The minimum absolute atomic E-state index is 0. The number of hydrogen-bond acceptors (Lipinski definition) is 16. The van der Waals surface area contributed by atoms with Gasteiger partial charge in [-0.3, -0.25) is 38.8 Å². The van der Waals surface area contributed by atoms with Crippen LogP contribution in [0.25, 0.3) is 21.3 Å². The normalized spacial score (nSPS) is 11.4. The van der Waals surface area contributed by atoms with Crippen molar-refractivity contribution in [3.63, 3.8) is 0 Å². The summed E-state index contributed by atoms with van der Waals surface area (Å²) in [6, 6.07) is -3.25. The zero-order valence-corrected chi connectivity index (χ0v) is 104. The summed E-state index contributed by atoms with van der Waals surface area (Å²) in [5.74, 6) is 0. The molecule has 0 saturated heterocycles. The summed E-state index contributed by atoms with van der Waals surface area (Å²) in [5.41, 5.74) is -3.85. The van der Waals surface area contributed by atoms with E-state index < -0.39 is 14.5 Å². The summed E-state index contributed by atoms with van der Waals surface area (Å²) in [6.45, 7) is 80.1. The number of nitrogens with zero attached hydrogens (tertiary/aromatic N) is 8. The summed E-state index contributed by atoms with van der Waals surface area (Å²) in [5, 5.41) is 73.5. The number of nitrogens with one attached hydrogen (secondary N) is 20. The average molecular weight is 2540 g/mol.